The highest BCUT2D eigenvalue weighted by atomic mass is 16.5. The monoisotopic (exact) mass is 339 g/mol. The van der Waals surface area contributed by atoms with Crippen molar-refractivity contribution in [2.24, 2.45) is 5.73 Å². The van der Waals surface area contributed by atoms with Crippen molar-refractivity contribution in [3.8, 4) is 16.9 Å². The minimum absolute atomic E-state index is 0.562. The molecule has 0 aliphatic carbocycles. The van der Waals surface area contributed by atoms with E-state index in [1.54, 1.807) is 7.11 Å². The lowest BCUT2D eigenvalue weighted by atomic mass is 9.98. The van der Waals surface area contributed by atoms with Crippen LogP contribution in [0, 0.1) is 27.7 Å². The Kier molecular flexibility index (Phi) is 4.63. The Balaban J connectivity index is 2.25. The minimum atomic E-state index is 0.562. The number of nitrogens with two attached hydrogens (primary N) is 1. The Morgan fingerprint density at radius 2 is 1.88 bits per heavy atom. The van der Waals surface area contributed by atoms with E-state index in [1.807, 2.05) is 24.4 Å². The third kappa shape index (κ3) is 3.05. The number of anilines is 1. The summed E-state index contributed by atoms with van der Waals surface area (Å²) in [4.78, 5) is 4.75. The fourth-order valence-corrected chi connectivity index (χ4v) is 3.17. The highest BCUT2D eigenvalue weighted by Crippen LogP contribution is 2.35. The van der Waals surface area contributed by atoms with Gasteiger partial charge in [-0.2, -0.15) is 9.61 Å². The van der Waals surface area contributed by atoms with Crippen LogP contribution < -0.4 is 15.8 Å². The summed E-state index contributed by atoms with van der Waals surface area (Å²) >= 11 is 0. The molecule has 0 fully saturated rings. The summed E-state index contributed by atoms with van der Waals surface area (Å²) in [6, 6.07) is 6.21. The number of methoxy groups -OCH3 is 1. The zero-order valence-corrected chi connectivity index (χ0v) is 15.5. The number of benzene rings is 1. The van der Waals surface area contributed by atoms with Crippen LogP contribution in [0.15, 0.2) is 18.2 Å². The van der Waals surface area contributed by atoms with E-state index in [1.165, 1.54) is 0 Å². The lowest BCUT2D eigenvalue weighted by Crippen LogP contribution is -2.15. The average molecular weight is 339 g/mol. The summed E-state index contributed by atoms with van der Waals surface area (Å²) in [7, 11) is 1.70. The van der Waals surface area contributed by atoms with Crippen LogP contribution in [0.4, 0.5) is 5.82 Å². The average Bonchev–Trinajstić information content (AvgIpc) is 2.90. The number of nitrogens with zero attached hydrogens (tertiary/aromatic N) is 3. The molecule has 1 aromatic carbocycles. The molecule has 0 amide bonds. The zero-order chi connectivity index (χ0) is 18.1. The number of hydrogen-bond acceptors (Lipinski definition) is 5. The fraction of sp³-hybridized carbons (Fsp3) is 0.368. The Morgan fingerprint density at radius 1 is 1.12 bits per heavy atom. The third-order valence-corrected chi connectivity index (χ3v) is 4.35. The van der Waals surface area contributed by atoms with Gasteiger partial charge in [0.15, 0.2) is 5.65 Å². The molecule has 25 heavy (non-hydrogen) atoms. The van der Waals surface area contributed by atoms with Gasteiger partial charge in [0.1, 0.15) is 11.6 Å². The van der Waals surface area contributed by atoms with Crippen LogP contribution in [0.25, 0.3) is 16.8 Å². The molecule has 0 radical (unpaired) electrons. The molecule has 0 saturated carbocycles. The van der Waals surface area contributed by atoms with Crippen molar-refractivity contribution in [2.75, 3.05) is 25.5 Å². The molecule has 3 rings (SSSR count). The maximum absolute atomic E-state index is 5.63. The highest BCUT2D eigenvalue weighted by Gasteiger charge is 2.18. The lowest BCUT2D eigenvalue weighted by molar-refractivity contribution is 0.411. The van der Waals surface area contributed by atoms with Gasteiger partial charge in [-0.3, -0.25) is 0 Å². The summed E-state index contributed by atoms with van der Waals surface area (Å²) < 4.78 is 7.31. The Hall–Kier alpha value is -2.60. The molecule has 2 heterocycles. The molecule has 0 atom stereocenters. The molecule has 0 saturated heterocycles. The molecule has 3 N–H and O–H groups in total. The topological polar surface area (TPSA) is 77.5 Å². The molecular weight excluding hydrogens is 314 g/mol. The molecule has 6 heteroatoms. The van der Waals surface area contributed by atoms with E-state index in [0.29, 0.717) is 13.1 Å². The summed E-state index contributed by atoms with van der Waals surface area (Å²) in [5.41, 5.74) is 12.8. The van der Waals surface area contributed by atoms with Gasteiger partial charge in [0, 0.05) is 30.4 Å². The quantitative estimate of drug-likeness (QED) is 0.747. The van der Waals surface area contributed by atoms with E-state index < -0.39 is 0 Å². The van der Waals surface area contributed by atoms with Gasteiger partial charge in [-0.25, -0.2) is 4.98 Å². The molecular formula is C19H25N5O. The van der Waals surface area contributed by atoms with Gasteiger partial charge < -0.3 is 15.8 Å². The molecule has 0 unspecified atom stereocenters. The second kappa shape index (κ2) is 6.72. The van der Waals surface area contributed by atoms with E-state index in [0.717, 1.165) is 50.9 Å². The van der Waals surface area contributed by atoms with Crippen LogP contribution in [0.2, 0.25) is 0 Å². The number of nitrogens with one attached hydrogen (secondary N) is 1. The van der Waals surface area contributed by atoms with Gasteiger partial charge in [0.2, 0.25) is 0 Å². The largest absolute Gasteiger partial charge is 0.496 e. The van der Waals surface area contributed by atoms with E-state index in [2.05, 4.69) is 31.3 Å². The van der Waals surface area contributed by atoms with Crippen LogP contribution in [-0.2, 0) is 0 Å². The second-order valence-corrected chi connectivity index (χ2v) is 6.33. The SMILES string of the molecule is COc1cc(C)c(-c2c(C)nn3c(NCCN)cc(C)nc23)cc1C. The van der Waals surface area contributed by atoms with Crippen molar-refractivity contribution in [1.29, 1.82) is 0 Å². The predicted molar refractivity (Wildman–Crippen MR) is 101 cm³/mol. The molecule has 132 valence electrons. The minimum Gasteiger partial charge on any atom is -0.496 e. The number of fused-ring (bicyclic) bond motifs is 1. The maximum Gasteiger partial charge on any atom is 0.165 e. The number of aromatic nitrogens is 3. The molecule has 2 aromatic heterocycles. The zero-order valence-electron chi connectivity index (χ0n) is 15.5. The van der Waals surface area contributed by atoms with Crippen LogP contribution in [-0.4, -0.2) is 34.8 Å². The Morgan fingerprint density at radius 3 is 2.56 bits per heavy atom. The standard InChI is InChI=1S/C19H25N5O/c1-11-9-16(25-5)12(2)8-15(11)18-14(4)23-24-17(21-7-6-20)10-13(3)22-19(18)24/h8-10,21H,6-7,20H2,1-5H3. The van der Waals surface area contributed by atoms with Crippen molar-refractivity contribution < 1.29 is 4.74 Å². The third-order valence-electron chi connectivity index (χ3n) is 4.35. The number of hydrogen-bond donors (Lipinski definition) is 2. The van der Waals surface area contributed by atoms with Gasteiger partial charge in [-0.15, -0.1) is 0 Å². The molecule has 0 spiro atoms. The van der Waals surface area contributed by atoms with Gasteiger partial charge in [-0.05, 0) is 56.5 Å². The van der Waals surface area contributed by atoms with Crippen molar-refractivity contribution in [1.82, 2.24) is 14.6 Å². The predicted octanol–water partition coefficient (Wildman–Crippen LogP) is 3.01. The van der Waals surface area contributed by atoms with Crippen LogP contribution in [0.1, 0.15) is 22.5 Å². The van der Waals surface area contributed by atoms with E-state index in [4.69, 9.17) is 20.6 Å². The normalized spacial score (nSPS) is 11.1. The Labute approximate surface area is 148 Å². The van der Waals surface area contributed by atoms with Crippen LogP contribution in [0.3, 0.4) is 0 Å². The first-order valence-electron chi connectivity index (χ1n) is 8.42. The molecule has 0 aliphatic heterocycles. The van der Waals surface area contributed by atoms with E-state index >= 15 is 0 Å². The smallest absolute Gasteiger partial charge is 0.165 e. The summed E-state index contributed by atoms with van der Waals surface area (Å²) in [5, 5.41) is 8.05. The van der Waals surface area contributed by atoms with Gasteiger partial charge >= 0.3 is 0 Å². The van der Waals surface area contributed by atoms with E-state index in [-0.39, 0.29) is 0 Å². The fourth-order valence-electron chi connectivity index (χ4n) is 3.17. The van der Waals surface area contributed by atoms with Crippen molar-refractivity contribution in [3.63, 3.8) is 0 Å². The number of rotatable bonds is 5. The Bertz CT molecular complexity index is 929. The second-order valence-electron chi connectivity index (χ2n) is 6.33. The van der Waals surface area contributed by atoms with Crippen LogP contribution >= 0.6 is 0 Å². The number of aryl methyl sites for hydroxylation is 4. The van der Waals surface area contributed by atoms with Crippen molar-refractivity contribution in [2.45, 2.75) is 27.7 Å². The highest BCUT2D eigenvalue weighted by molar-refractivity contribution is 5.83. The number of ether oxygens (including phenoxy) is 1. The molecule has 6 nitrogen and oxygen atoms in total. The first-order chi connectivity index (χ1) is 12.0. The molecule has 3 aromatic rings. The maximum atomic E-state index is 5.63. The first kappa shape index (κ1) is 17.2. The summed E-state index contributed by atoms with van der Waals surface area (Å²) in [6.07, 6.45) is 0. The summed E-state index contributed by atoms with van der Waals surface area (Å²) in [6.45, 7) is 9.40. The van der Waals surface area contributed by atoms with Gasteiger partial charge in [0.25, 0.3) is 0 Å². The van der Waals surface area contributed by atoms with Gasteiger partial charge in [-0.1, -0.05) is 0 Å². The lowest BCUT2D eigenvalue weighted by Gasteiger charge is -2.12. The summed E-state index contributed by atoms with van der Waals surface area (Å²) in [5.74, 6) is 1.80. The molecule has 0 aliphatic rings. The van der Waals surface area contributed by atoms with Crippen molar-refractivity contribution >= 4 is 11.5 Å². The van der Waals surface area contributed by atoms with Crippen LogP contribution in [0.5, 0.6) is 5.75 Å². The van der Waals surface area contributed by atoms with Crippen molar-refractivity contribution in [3.05, 3.63) is 40.7 Å². The van der Waals surface area contributed by atoms with E-state index in [9.17, 15) is 0 Å². The van der Waals surface area contributed by atoms with Gasteiger partial charge in [0.05, 0.1) is 12.8 Å². The molecule has 0 bridgehead atoms. The first-order valence-corrected chi connectivity index (χ1v) is 8.42.